The van der Waals surface area contributed by atoms with Crippen LogP contribution in [0.3, 0.4) is 0 Å². The van der Waals surface area contributed by atoms with Gasteiger partial charge >= 0.3 is 0 Å². The average molecular weight is 326 g/mol. The molecule has 1 aliphatic rings. The summed E-state index contributed by atoms with van der Waals surface area (Å²) in [5, 5.41) is 13.8. The quantitative estimate of drug-likeness (QED) is 0.766. The highest BCUT2D eigenvalue weighted by atomic mass is 16.5. The summed E-state index contributed by atoms with van der Waals surface area (Å²) in [5.74, 6) is 1.25. The number of nitrogens with zero attached hydrogens (tertiary/aromatic N) is 4. The normalized spacial score (nSPS) is 21.4. The second-order valence-corrected chi connectivity index (χ2v) is 6.07. The van der Waals surface area contributed by atoms with Gasteiger partial charge in [0.1, 0.15) is 0 Å². The van der Waals surface area contributed by atoms with Gasteiger partial charge in [-0.1, -0.05) is 5.16 Å². The highest BCUT2D eigenvalue weighted by Gasteiger charge is 2.37. The van der Waals surface area contributed by atoms with Crippen LogP contribution in [0.4, 0.5) is 0 Å². The fourth-order valence-electron chi connectivity index (χ4n) is 3.20. The van der Waals surface area contributed by atoms with Crippen molar-refractivity contribution in [3.8, 4) is 11.4 Å². The van der Waals surface area contributed by atoms with Crippen molar-refractivity contribution in [2.75, 3.05) is 19.7 Å². The van der Waals surface area contributed by atoms with Gasteiger partial charge in [0.05, 0.1) is 18.4 Å². The third-order valence-corrected chi connectivity index (χ3v) is 4.43. The van der Waals surface area contributed by atoms with Crippen LogP contribution < -0.4 is 0 Å². The summed E-state index contributed by atoms with van der Waals surface area (Å²) >= 11 is 0. The molecule has 0 saturated carbocycles. The van der Waals surface area contributed by atoms with Gasteiger partial charge in [-0.05, 0) is 18.2 Å². The molecule has 4 rings (SSSR count). The smallest absolute Gasteiger partial charge is 0.231 e. The monoisotopic (exact) mass is 326 g/mol. The fraction of sp³-hybridized carbons (Fsp3) is 0.353. The lowest BCUT2D eigenvalue weighted by atomic mass is 9.97. The van der Waals surface area contributed by atoms with Crippen molar-refractivity contribution in [3.05, 3.63) is 54.6 Å². The van der Waals surface area contributed by atoms with Crippen molar-refractivity contribution in [2.45, 2.75) is 12.5 Å². The van der Waals surface area contributed by atoms with Gasteiger partial charge < -0.3 is 14.0 Å². The predicted octanol–water partition coefficient (Wildman–Crippen LogP) is 1.93. The Kier molecular flexibility index (Phi) is 4.10. The van der Waals surface area contributed by atoms with E-state index in [9.17, 15) is 5.11 Å². The van der Waals surface area contributed by atoms with Crippen LogP contribution in [0, 0.1) is 5.92 Å². The Morgan fingerprint density at radius 1 is 1.21 bits per heavy atom. The van der Waals surface area contributed by atoms with Gasteiger partial charge in [0.15, 0.2) is 0 Å². The molecule has 1 aliphatic heterocycles. The first-order chi connectivity index (χ1) is 11.8. The molecule has 0 unspecified atom stereocenters. The molecule has 1 fully saturated rings. The molecular formula is C17H18N4O3. The Balaban J connectivity index is 1.51. The summed E-state index contributed by atoms with van der Waals surface area (Å²) in [4.78, 5) is 10.8. The Morgan fingerprint density at radius 2 is 2.08 bits per heavy atom. The first-order valence-corrected chi connectivity index (χ1v) is 7.92. The van der Waals surface area contributed by atoms with E-state index >= 15 is 0 Å². The first-order valence-electron chi connectivity index (χ1n) is 7.92. The lowest BCUT2D eigenvalue weighted by Crippen LogP contribution is -2.20. The van der Waals surface area contributed by atoms with Crippen LogP contribution in [0.5, 0.6) is 0 Å². The van der Waals surface area contributed by atoms with Crippen molar-refractivity contribution in [1.29, 1.82) is 0 Å². The van der Waals surface area contributed by atoms with E-state index in [1.807, 2.05) is 18.2 Å². The van der Waals surface area contributed by atoms with Gasteiger partial charge in [-0.2, -0.15) is 4.98 Å². The van der Waals surface area contributed by atoms with Crippen LogP contribution in [0.1, 0.15) is 17.4 Å². The van der Waals surface area contributed by atoms with E-state index in [4.69, 9.17) is 8.94 Å². The second-order valence-electron chi connectivity index (χ2n) is 6.07. The van der Waals surface area contributed by atoms with Gasteiger partial charge in [-0.15, -0.1) is 0 Å². The topological polar surface area (TPSA) is 88.4 Å². The van der Waals surface area contributed by atoms with Gasteiger partial charge in [-0.25, -0.2) is 0 Å². The number of pyridine rings is 1. The van der Waals surface area contributed by atoms with Crippen molar-refractivity contribution in [2.24, 2.45) is 5.92 Å². The first kappa shape index (κ1) is 15.0. The molecule has 124 valence electrons. The standard InChI is InChI=1S/C17H18N4O3/c22-10-14-8-21(7-12-3-6-23-11-12)9-15(14)17-19-16(20-24-17)13-1-4-18-5-2-13/h1-6,11,14-15,22H,7-10H2/t14-,15+/m0/s1. The molecule has 1 N–H and O–H groups in total. The Hall–Kier alpha value is -2.51. The zero-order valence-electron chi connectivity index (χ0n) is 13.1. The molecule has 7 heteroatoms. The van der Waals surface area contributed by atoms with Crippen LogP contribution in [0.15, 0.2) is 52.1 Å². The van der Waals surface area contributed by atoms with Gasteiger partial charge in [0, 0.05) is 55.7 Å². The van der Waals surface area contributed by atoms with E-state index in [0.717, 1.165) is 30.8 Å². The zero-order valence-corrected chi connectivity index (χ0v) is 13.1. The number of rotatable bonds is 5. The number of aliphatic hydroxyl groups excluding tert-OH is 1. The second kappa shape index (κ2) is 6.54. The van der Waals surface area contributed by atoms with Crippen molar-refractivity contribution < 1.29 is 14.0 Å². The van der Waals surface area contributed by atoms with E-state index in [-0.39, 0.29) is 18.4 Å². The van der Waals surface area contributed by atoms with Crippen LogP contribution in [-0.4, -0.2) is 44.8 Å². The van der Waals surface area contributed by atoms with E-state index in [0.29, 0.717) is 11.7 Å². The van der Waals surface area contributed by atoms with Gasteiger partial charge in [0.2, 0.25) is 11.7 Å². The minimum Gasteiger partial charge on any atom is -0.472 e. The Labute approximate surface area is 138 Å². The molecule has 0 bridgehead atoms. The molecule has 3 aromatic heterocycles. The summed E-state index contributed by atoms with van der Waals surface area (Å²) in [6.45, 7) is 2.45. The molecule has 0 spiro atoms. The lowest BCUT2D eigenvalue weighted by Gasteiger charge is -2.13. The number of aromatic nitrogens is 3. The van der Waals surface area contributed by atoms with Crippen molar-refractivity contribution in [1.82, 2.24) is 20.0 Å². The number of furan rings is 1. The molecule has 3 aromatic rings. The van der Waals surface area contributed by atoms with Crippen molar-refractivity contribution in [3.63, 3.8) is 0 Å². The van der Waals surface area contributed by atoms with E-state index in [1.54, 1.807) is 24.9 Å². The molecule has 0 radical (unpaired) electrons. The maximum absolute atomic E-state index is 9.72. The molecule has 0 aromatic carbocycles. The largest absolute Gasteiger partial charge is 0.472 e. The number of hydrogen-bond acceptors (Lipinski definition) is 7. The summed E-state index contributed by atoms with van der Waals surface area (Å²) in [7, 11) is 0. The number of likely N-dealkylation sites (tertiary alicyclic amines) is 1. The zero-order chi connectivity index (χ0) is 16.4. The van der Waals surface area contributed by atoms with E-state index in [1.165, 1.54) is 0 Å². The average Bonchev–Trinajstić information content (AvgIpc) is 3.36. The summed E-state index contributed by atoms with van der Waals surface area (Å²) in [6.07, 6.45) is 6.81. The van der Waals surface area contributed by atoms with Gasteiger partial charge in [0.25, 0.3) is 0 Å². The molecule has 2 atom stereocenters. The highest BCUT2D eigenvalue weighted by Crippen LogP contribution is 2.33. The summed E-state index contributed by atoms with van der Waals surface area (Å²) in [5.41, 5.74) is 1.99. The maximum Gasteiger partial charge on any atom is 0.231 e. The lowest BCUT2D eigenvalue weighted by molar-refractivity contribution is 0.205. The molecular weight excluding hydrogens is 308 g/mol. The number of hydrogen-bond donors (Lipinski definition) is 1. The predicted molar refractivity (Wildman–Crippen MR) is 84.8 cm³/mol. The molecule has 0 aliphatic carbocycles. The van der Waals surface area contributed by atoms with Crippen molar-refractivity contribution >= 4 is 0 Å². The Bertz CT molecular complexity index is 772. The van der Waals surface area contributed by atoms with Crippen LogP contribution in [0.25, 0.3) is 11.4 Å². The highest BCUT2D eigenvalue weighted by molar-refractivity contribution is 5.52. The molecule has 7 nitrogen and oxygen atoms in total. The van der Waals surface area contributed by atoms with Crippen LogP contribution in [-0.2, 0) is 6.54 Å². The van der Waals surface area contributed by atoms with Crippen LogP contribution >= 0.6 is 0 Å². The minimum absolute atomic E-state index is 0.0324. The number of aliphatic hydroxyl groups is 1. The third kappa shape index (κ3) is 2.95. The fourth-order valence-corrected chi connectivity index (χ4v) is 3.20. The molecule has 4 heterocycles. The van der Waals surface area contributed by atoms with Crippen LogP contribution in [0.2, 0.25) is 0 Å². The molecule has 24 heavy (non-hydrogen) atoms. The maximum atomic E-state index is 9.72. The molecule has 1 saturated heterocycles. The molecule has 0 amide bonds. The SMILES string of the molecule is OC[C@@H]1CN(Cc2ccoc2)C[C@H]1c1nc(-c2ccncc2)no1. The van der Waals surface area contributed by atoms with E-state index < -0.39 is 0 Å². The third-order valence-electron chi connectivity index (χ3n) is 4.43. The summed E-state index contributed by atoms with van der Waals surface area (Å²) < 4.78 is 10.6. The minimum atomic E-state index is 0.0324. The Morgan fingerprint density at radius 3 is 2.83 bits per heavy atom. The van der Waals surface area contributed by atoms with E-state index in [2.05, 4.69) is 20.0 Å². The van der Waals surface area contributed by atoms with Gasteiger partial charge in [-0.3, -0.25) is 9.88 Å². The summed E-state index contributed by atoms with van der Waals surface area (Å²) in [6, 6.07) is 5.64.